The van der Waals surface area contributed by atoms with Crippen LogP contribution >= 0.6 is 31.9 Å². The molecule has 9 nitrogen and oxygen atoms in total. The van der Waals surface area contributed by atoms with Gasteiger partial charge in [-0.25, -0.2) is 0 Å². The van der Waals surface area contributed by atoms with E-state index in [0.29, 0.717) is 58.5 Å². The Morgan fingerprint density at radius 2 is 1.39 bits per heavy atom. The van der Waals surface area contributed by atoms with Crippen molar-refractivity contribution in [2.45, 2.75) is 19.1 Å². The molecule has 1 unspecified atom stereocenters. The van der Waals surface area contributed by atoms with Gasteiger partial charge in [-0.15, -0.1) is 0 Å². The fourth-order valence-corrected chi connectivity index (χ4v) is 5.09. The Labute approximate surface area is 255 Å². The second kappa shape index (κ2) is 16.1. The number of nitrogens with one attached hydrogen (secondary N) is 1. The van der Waals surface area contributed by atoms with Crippen molar-refractivity contribution in [3.8, 4) is 5.75 Å². The van der Waals surface area contributed by atoms with Gasteiger partial charge < -0.3 is 39.0 Å². The number of halogens is 2. The Hall–Kier alpha value is -2.67. The summed E-state index contributed by atoms with van der Waals surface area (Å²) in [5.74, 6) is -0.168. The quantitative estimate of drug-likeness (QED) is 0.114. The van der Waals surface area contributed by atoms with Crippen molar-refractivity contribution in [1.29, 1.82) is 0 Å². The summed E-state index contributed by atoms with van der Waals surface area (Å²) >= 11 is 7.16. The number of anilines is 1. The average molecular weight is 694 g/mol. The third kappa shape index (κ3) is 9.69. The second-order valence-electron chi connectivity index (χ2n) is 9.33. The van der Waals surface area contributed by atoms with Crippen LogP contribution < -0.4 is 10.1 Å². The number of carbonyl (C=O) groups is 1. The predicted octanol–water partition coefficient (Wildman–Crippen LogP) is 5.70. The summed E-state index contributed by atoms with van der Waals surface area (Å²) in [4.78, 5) is 10.4. The molecule has 0 spiro atoms. The first-order valence-electron chi connectivity index (χ1n) is 13.4. The van der Waals surface area contributed by atoms with Gasteiger partial charge in [0.25, 0.3) is 0 Å². The zero-order valence-electron chi connectivity index (χ0n) is 22.6. The summed E-state index contributed by atoms with van der Waals surface area (Å²) in [6.45, 7) is 3.42. The molecule has 11 heteroatoms. The van der Waals surface area contributed by atoms with Crippen LogP contribution in [0.25, 0.3) is 21.8 Å². The molecule has 0 fully saturated rings. The highest BCUT2D eigenvalue weighted by molar-refractivity contribution is 9.10. The number of fused-ring (bicyclic) bond motifs is 3. The highest BCUT2D eigenvalue weighted by Gasteiger charge is 2.15. The number of carboxylic acid groups (broad SMARTS) is 1. The van der Waals surface area contributed by atoms with Crippen LogP contribution in [0, 0.1) is 0 Å². The van der Waals surface area contributed by atoms with Crippen LogP contribution in [0.4, 0.5) is 5.69 Å². The molecule has 1 aromatic heterocycles. The minimum absolute atomic E-state index is 0.00912. The maximum Gasteiger partial charge on any atom is 0.305 e. The number of hydrogen-bond donors (Lipinski definition) is 3. The number of nitrogens with zero attached hydrogens (tertiary/aromatic N) is 1. The Morgan fingerprint density at radius 1 is 0.805 bits per heavy atom. The van der Waals surface area contributed by atoms with E-state index in [1.54, 1.807) is 0 Å². The molecule has 1 atom stereocenters. The molecule has 0 saturated carbocycles. The number of carboxylic acids is 1. The molecule has 0 aliphatic heterocycles. The number of rotatable bonds is 18. The van der Waals surface area contributed by atoms with Gasteiger partial charge in [0.05, 0.1) is 58.7 Å². The van der Waals surface area contributed by atoms with E-state index in [4.69, 9.17) is 24.1 Å². The topological polar surface area (TPSA) is 111 Å². The van der Waals surface area contributed by atoms with Gasteiger partial charge in [0.2, 0.25) is 0 Å². The number of aliphatic carboxylic acids is 1. The third-order valence-electron chi connectivity index (χ3n) is 6.26. The van der Waals surface area contributed by atoms with E-state index >= 15 is 0 Å². The fourth-order valence-electron chi connectivity index (χ4n) is 4.37. The molecule has 0 radical (unpaired) electrons. The van der Waals surface area contributed by atoms with Gasteiger partial charge in [-0.1, -0.05) is 37.9 Å². The molecule has 3 N–H and O–H groups in total. The number of aromatic nitrogens is 1. The van der Waals surface area contributed by atoms with Crippen LogP contribution in [-0.2, 0) is 25.5 Å². The summed E-state index contributed by atoms with van der Waals surface area (Å²) in [5.41, 5.74) is 3.01. The molecule has 220 valence electrons. The van der Waals surface area contributed by atoms with Crippen LogP contribution in [0.1, 0.15) is 6.42 Å². The standard InChI is InChI=1S/C30H34Br2N2O7/c31-21-4-6-28-26(16-21)27-17-22(32)5-7-29(27)34(28)20-24(35)19-33-23-2-1-3-25(18-23)41-15-14-40-13-12-39-11-10-38-9-8-30(36)37/h1-7,16-18,24,33,35H,8-15,19-20H2,(H,36,37). The summed E-state index contributed by atoms with van der Waals surface area (Å²) in [5, 5.41) is 25.1. The van der Waals surface area contributed by atoms with Gasteiger partial charge in [-0.05, 0) is 48.5 Å². The van der Waals surface area contributed by atoms with Crippen LogP contribution in [0.3, 0.4) is 0 Å². The van der Waals surface area contributed by atoms with E-state index in [0.717, 1.165) is 36.4 Å². The average Bonchev–Trinajstić information content (AvgIpc) is 3.24. The lowest BCUT2D eigenvalue weighted by Gasteiger charge is -2.16. The second-order valence-corrected chi connectivity index (χ2v) is 11.2. The minimum Gasteiger partial charge on any atom is -0.491 e. The predicted molar refractivity (Wildman–Crippen MR) is 166 cm³/mol. The van der Waals surface area contributed by atoms with Crippen molar-refractivity contribution >= 4 is 65.3 Å². The van der Waals surface area contributed by atoms with E-state index < -0.39 is 12.1 Å². The molecular formula is C30H34Br2N2O7. The Balaban J connectivity index is 1.17. The first kappa shape index (κ1) is 31.3. The molecule has 0 aliphatic rings. The Morgan fingerprint density at radius 3 is 2.00 bits per heavy atom. The van der Waals surface area contributed by atoms with Gasteiger partial charge >= 0.3 is 5.97 Å². The number of benzene rings is 3. The highest BCUT2D eigenvalue weighted by Crippen LogP contribution is 2.33. The molecule has 0 aliphatic carbocycles. The lowest BCUT2D eigenvalue weighted by atomic mass is 10.2. The molecule has 0 bridgehead atoms. The van der Waals surface area contributed by atoms with E-state index in [9.17, 15) is 9.90 Å². The lowest BCUT2D eigenvalue weighted by Crippen LogP contribution is -2.24. The number of hydrogen-bond acceptors (Lipinski definition) is 7. The molecule has 3 aromatic carbocycles. The maximum absolute atomic E-state index is 10.9. The maximum atomic E-state index is 10.9. The number of ether oxygens (including phenoxy) is 4. The van der Waals surface area contributed by atoms with Crippen LogP contribution in [0.5, 0.6) is 5.75 Å². The van der Waals surface area contributed by atoms with Crippen molar-refractivity contribution in [2.75, 3.05) is 58.1 Å². The molecular weight excluding hydrogens is 660 g/mol. The fraction of sp³-hybridized carbons (Fsp3) is 0.367. The molecule has 4 aromatic rings. The van der Waals surface area contributed by atoms with E-state index in [1.165, 1.54) is 0 Å². The summed E-state index contributed by atoms with van der Waals surface area (Å²) < 4.78 is 26.0. The summed E-state index contributed by atoms with van der Waals surface area (Å²) in [6.07, 6.45) is -0.622. The molecule has 0 amide bonds. The van der Waals surface area contributed by atoms with Gasteiger partial charge in [0.1, 0.15) is 12.4 Å². The summed E-state index contributed by atoms with van der Waals surface area (Å²) in [6, 6.07) is 20.0. The number of aliphatic hydroxyl groups excluding tert-OH is 1. The monoisotopic (exact) mass is 692 g/mol. The zero-order valence-corrected chi connectivity index (χ0v) is 25.7. The minimum atomic E-state index is -0.877. The SMILES string of the molecule is O=C(O)CCOCCOCCOCCOc1cccc(NCC(O)Cn2c3ccc(Br)cc3c3cc(Br)ccc32)c1. The van der Waals surface area contributed by atoms with E-state index in [2.05, 4.69) is 66.0 Å². The third-order valence-corrected chi connectivity index (χ3v) is 7.25. The van der Waals surface area contributed by atoms with Gasteiger partial charge in [0.15, 0.2) is 0 Å². The smallest absolute Gasteiger partial charge is 0.305 e. The number of aliphatic hydroxyl groups is 1. The molecule has 4 rings (SSSR count). The zero-order chi connectivity index (χ0) is 29.0. The van der Waals surface area contributed by atoms with Crippen molar-refractivity contribution in [1.82, 2.24) is 4.57 Å². The van der Waals surface area contributed by atoms with E-state index in [-0.39, 0.29) is 13.0 Å². The first-order valence-corrected chi connectivity index (χ1v) is 15.0. The molecule has 0 saturated heterocycles. The van der Waals surface area contributed by atoms with Gasteiger partial charge in [0, 0.05) is 49.0 Å². The lowest BCUT2D eigenvalue weighted by molar-refractivity contribution is -0.138. The Bertz CT molecular complexity index is 1370. The van der Waals surface area contributed by atoms with Crippen molar-refractivity contribution < 1.29 is 34.0 Å². The Kier molecular flexibility index (Phi) is 12.3. The van der Waals surface area contributed by atoms with Crippen LogP contribution in [0.2, 0.25) is 0 Å². The van der Waals surface area contributed by atoms with Crippen LogP contribution in [-0.4, -0.2) is 79.6 Å². The van der Waals surface area contributed by atoms with Crippen molar-refractivity contribution in [2.24, 2.45) is 0 Å². The van der Waals surface area contributed by atoms with Crippen molar-refractivity contribution in [3.05, 3.63) is 69.6 Å². The molecule has 41 heavy (non-hydrogen) atoms. The first-order chi connectivity index (χ1) is 19.9. The highest BCUT2D eigenvalue weighted by atomic mass is 79.9. The normalized spacial score (nSPS) is 12.2. The van der Waals surface area contributed by atoms with Gasteiger partial charge in [-0.2, -0.15) is 0 Å². The largest absolute Gasteiger partial charge is 0.491 e. The van der Waals surface area contributed by atoms with E-state index in [1.807, 2.05) is 36.4 Å². The van der Waals surface area contributed by atoms with Crippen LogP contribution in [0.15, 0.2) is 69.6 Å². The molecule has 1 heterocycles. The van der Waals surface area contributed by atoms with Crippen molar-refractivity contribution in [3.63, 3.8) is 0 Å². The summed E-state index contributed by atoms with van der Waals surface area (Å²) in [7, 11) is 0. The van der Waals surface area contributed by atoms with Gasteiger partial charge in [-0.3, -0.25) is 4.79 Å².